The van der Waals surface area contributed by atoms with Crippen molar-refractivity contribution >= 4 is 29.2 Å². The Labute approximate surface area is 145 Å². The lowest BCUT2D eigenvalue weighted by atomic mass is 9.96. The largest absolute Gasteiger partial charge is 0.351 e. The highest BCUT2D eigenvalue weighted by Gasteiger charge is 2.35. The van der Waals surface area contributed by atoms with Gasteiger partial charge < -0.3 is 15.5 Å². The van der Waals surface area contributed by atoms with Crippen LogP contribution in [0.15, 0.2) is 48.5 Å². The first-order valence-electron chi connectivity index (χ1n) is 7.73. The summed E-state index contributed by atoms with van der Waals surface area (Å²) in [6.07, 6.45) is 0. The average Bonchev–Trinajstić information content (AvgIpc) is 2.69. The number of carbonyl (C=O) groups is 2. The van der Waals surface area contributed by atoms with Gasteiger partial charge in [0.15, 0.2) is 0 Å². The van der Waals surface area contributed by atoms with Crippen molar-refractivity contribution in [1.29, 1.82) is 0 Å². The molecule has 1 aliphatic heterocycles. The van der Waals surface area contributed by atoms with Crippen LogP contribution in [0.2, 0.25) is 5.02 Å². The zero-order chi connectivity index (χ0) is 17.3. The van der Waals surface area contributed by atoms with Crippen molar-refractivity contribution in [3.05, 3.63) is 64.7 Å². The Morgan fingerprint density at radius 1 is 1.25 bits per heavy atom. The predicted molar refractivity (Wildman–Crippen MR) is 94.1 cm³/mol. The van der Waals surface area contributed by atoms with E-state index in [2.05, 4.69) is 0 Å². The van der Waals surface area contributed by atoms with Gasteiger partial charge in [0, 0.05) is 22.8 Å². The average molecular weight is 344 g/mol. The van der Waals surface area contributed by atoms with Gasteiger partial charge in [0.05, 0.1) is 6.04 Å². The highest BCUT2D eigenvalue weighted by molar-refractivity contribution is 6.30. The number of halogens is 1. The van der Waals surface area contributed by atoms with Crippen LogP contribution < -0.4 is 10.6 Å². The van der Waals surface area contributed by atoms with E-state index in [0.717, 1.165) is 16.8 Å². The number of urea groups is 1. The normalized spacial score (nSPS) is 17.4. The lowest BCUT2D eigenvalue weighted by Crippen LogP contribution is -2.44. The molecule has 0 radical (unpaired) electrons. The van der Waals surface area contributed by atoms with Gasteiger partial charge in [0.2, 0.25) is 5.91 Å². The van der Waals surface area contributed by atoms with Crippen LogP contribution in [-0.2, 0) is 4.79 Å². The second-order valence-electron chi connectivity index (χ2n) is 5.62. The van der Waals surface area contributed by atoms with Gasteiger partial charge in [0.1, 0.15) is 6.54 Å². The van der Waals surface area contributed by atoms with Gasteiger partial charge in [0.25, 0.3) is 0 Å². The Balaban J connectivity index is 2.27. The van der Waals surface area contributed by atoms with E-state index in [1.807, 2.05) is 43.3 Å². The molecule has 0 saturated carbocycles. The molecule has 2 aromatic carbocycles. The number of anilines is 1. The van der Waals surface area contributed by atoms with Crippen LogP contribution in [-0.4, -0.2) is 29.9 Å². The lowest BCUT2D eigenvalue weighted by molar-refractivity contribution is -0.119. The summed E-state index contributed by atoms with van der Waals surface area (Å²) >= 11 is 6.20. The molecule has 1 aliphatic rings. The van der Waals surface area contributed by atoms with Crippen molar-refractivity contribution in [2.75, 3.05) is 18.0 Å². The number of carbonyl (C=O) groups excluding carboxylic acids is 2. The Hall–Kier alpha value is -2.53. The van der Waals surface area contributed by atoms with E-state index in [0.29, 0.717) is 11.6 Å². The quantitative estimate of drug-likeness (QED) is 0.910. The number of nitrogens with two attached hydrogens (primary N) is 1. The Bertz CT molecular complexity index is 779. The first-order valence-corrected chi connectivity index (χ1v) is 8.11. The molecular formula is C18H18ClN3O2. The predicted octanol–water partition coefficient (Wildman–Crippen LogP) is 3.18. The molecule has 2 N–H and O–H groups in total. The summed E-state index contributed by atoms with van der Waals surface area (Å²) in [5.74, 6) is -0.168. The van der Waals surface area contributed by atoms with Gasteiger partial charge >= 0.3 is 6.03 Å². The van der Waals surface area contributed by atoms with Gasteiger partial charge in [-0.05, 0) is 30.7 Å². The monoisotopic (exact) mass is 343 g/mol. The molecule has 6 heteroatoms. The van der Waals surface area contributed by atoms with E-state index >= 15 is 0 Å². The summed E-state index contributed by atoms with van der Waals surface area (Å²) in [4.78, 5) is 27.7. The molecule has 0 saturated heterocycles. The fourth-order valence-electron chi connectivity index (χ4n) is 3.16. The van der Waals surface area contributed by atoms with Gasteiger partial charge in [-0.3, -0.25) is 4.79 Å². The zero-order valence-electron chi connectivity index (χ0n) is 13.3. The van der Waals surface area contributed by atoms with E-state index in [9.17, 15) is 9.59 Å². The van der Waals surface area contributed by atoms with E-state index in [-0.39, 0.29) is 12.5 Å². The smallest absolute Gasteiger partial charge is 0.316 e. The maximum atomic E-state index is 12.6. The first-order chi connectivity index (χ1) is 11.5. The number of amides is 3. The molecule has 0 fully saturated rings. The van der Waals surface area contributed by atoms with Crippen LogP contribution in [0.1, 0.15) is 24.1 Å². The summed E-state index contributed by atoms with van der Waals surface area (Å²) in [7, 11) is 0. The third-order valence-electron chi connectivity index (χ3n) is 4.21. The molecule has 1 heterocycles. The molecule has 1 unspecified atom stereocenters. The van der Waals surface area contributed by atoms with E-state index in [1.165, 1.54) is 4.90 Å². The minimum atomic E-state index is -0.638. The fraction of sp³-hybridized carbons (Fsp3) is 0.222. The van der Waals surface area contributed by atoms with Crippen molar-refractivity contribution in [3.8, 4) is 0 Å². The van der Waals surface area contributed by atoms with Crippen LogP contribution in [0.4, 0.5) is 10.5 Å². The minimum Gasteiger partial charge on any atom is -0.351 e. The van der Waals surface area contributed by atoms with Crippen LogP contribution in [0.3, 0.4) is 0 Å². The zero-order valence-corrected chi connectivity index (χ0v) is 14.0. The molecule has 24 heavy (non-hydrogen) atoms. The second-order valence-corrected chi connectivity index (χ2v) is 6.06. The molecule has 3 amide bonds. The van der Waals surface area contributed by atoms with E-state index in [1.54, 1.807) is 17.0 Å². The number of benzene rings is 2. The molecule has 0 bridgehead atoms. The highest BCUT2D eigenvalue weighted by Crippen LogP contribution is 2.39. The summed E-state index contributed by atoms with van der Waals surface area (Å²) in [5, 5.41) is 0.546. The van der Waals surface area contributed by atoms with Gasteiger partial charge in [-0.2, -0.15) is 0 Å². The standard InChI is InChI=1S/C18H18ClN3O2/c1-2-21-15-9-8-13(19)10-14(15)17(12-6-4-3-5-7-12)22(18(20)24)11-16(21)23/h3-10,17H,2,11H2,1H3,(H2,20,24). The topological polar surface area (TPSA) is 66.6 Å². The maximum absolute atomic E-state index is 12.6. The van der Waals surface area contributed by atoms with Gasteiger partial charge in [-0.1, -0.05) is 41.9 Å². The maximum Gasteiger partial charge on any atom is 0.316 e. The number of primary amides is 1. The molecule has 124 valence electrons. The summed E-state index contributed by atoms with van der Waals surface area (Å²) < 4.78 is 0. The SMILES string of the molecule is CCN1C(=O)CN(C(N)=O)C(c2ccccc2)c2cc(Cl)ccc21. The molecule has 3 rings (SSSR count). The van der Waals surface area contributed by atoms with Gasteiger partial charge in [-0.25, -0.2) is 4.79 Å². The molecule has 1 atom stereocenters. The van der Waals surface area contributed by atoms with Crippen molar-refractivity contribution in [2.24, 2.45) is 5.73 Å². The molecule has 0 spiro atoms. The van der Waals surface area contributed by atoms with Crippen molar-refractivity contribution in [2.45, 2.75) is 13.0 Å². The summed E-state index contributed by atoms with van der Waals surface area (Å²) in [6.45, 7) is 2.32. The highest BCUT2D eigenvalue weighted by atomic mass is 35.5. The Morgan fingerprint density at radius 3 is 2.58 bits per heavy atom. The van der Waals surface area contributed by atoms with Crippen molar-refractivity contribution in [1.82, 2.24) is 4.90 Å². The Morgan fingerprint density at radius 2 is 1.96 bits per heavy atom. The summed E-state index contributed by atoms with van der Waals surface area (Å²) in [5.41, 5.74) is 8.02. The number of hydrogen-bond donors (Lipinski definition) is 1. The second kappa shape index (κ2) is 6.53. The number of likely N-dealkylation sites (N-methyl/N-ethyl adjacent to an activating group) is 1. The molecular weight excluding hydrogens is 326 g/mol. The number of rotatable bonds is 2. The van der Waals surface area contributed by atoms with Crippen LogP contribution in [0, 0.1) is 0 Å². The third-order valence-corrected chi connectivity index (χ3v) is 4.44. The molecule has 0 aliphatic carbocycles. The first kappa shape index (κ1) is 16.3. The molecule has 0 aromatic heterocycles. The number of fused-ring (bicyclic) bond motifs is 1. The third kappa shape index (κ3) is 2.83. The number of nitrogens with zero attached hydrogens (tertiary/aromatic N) is 2. The lowest BCUT2D eigenvalue weighted by Gasteiger charge is -2.29. The Kier molecular flexibility index (Phi) is 4.44. The fourth-order valence-corrected chi connectivity index (χ4v) is 3.34. The molecule has 2 aromatic rings. The van der Waals surface area contributed by atoms with Crippen LogP contribution >= 0.6 is 11.6 Å². The van der Waals surface area contributed by atoms with E-state index in [4.69, 9.17) is 17.3 Å². The summed E-state index contributed by atoms with van der Waals surface area (Å²) in [6, 6.07) is 13.8. The number of hydrogen-bond acceptors (Lipinski definition) is 2. The van der Waals surface area contributed by atoms with Crippen LogP contribution in [0.5, 0.6) is 0 Å². The molecule has 5 nitrogen and oxygen atoms in total. The minimum absolute atomic E-state index is 0.0744. The van der Waals surface area contributed by atoms with Crippen LogP contribution in [0.25, 0.3) is 0 Å². The van der Waals surface area contributed by atoms with Crippen molar-refractivity contribution in [3.63, 3.8) is 0 Å². The van der Waals surface area contributed by atoms with Gasteiger partial charge in [-0.15, -0.1) is 0 Å². The van der Waals surface area contributed by atoms with E-state index < -0.39 is 12.1 Å². The van der Waals surface area contributed by atoms with Crippen molar-refractivity contribution < 1.29 is 9.59 Å².